The minimum absolute atomic E-state index is 0.0409. The molecule has 2 aliphatic heterocycles. The van der Waals surface area contributed by atoms with Crippen molar-refractivity contribution in [2.45, 2.75) is 10.6 Å². The monoisotopic (exact) mass is 577 g/mol. The summed E-state index contributed by atoms with van der Waals surface area (Å²) in [6.07, 6.45) is 0.0409. The third kappa shape index (κ3) is 5.05. The van der Waals surface area contributed by atoms with E-state index in [-0.39, 0.29) is 25.7 Å². The van der Waals surface area contributed by atoms with Crippen LogP contribution in [0.3, 0.4) is 0 Å². The fourth-order valence-corrected chi connectivity index (χ4v) is 6.69. The Bertz CT molecular complexity index is 1570. The van der Waals surface area contributed by atoms with Gasteiger partial charge in [0.1, 0.15) is 14.4 Å². The molecule has 14 heteroatoms. The van der Waals surface area contributed by atoms with Crippen molar-refractivity contribution < 1.29 is 22.8 Å². The lowest BCUT2D eigenvalue weighted by molar-refractivity contribution is -0.117. The summed E-state index contributed by atoms with van der Waals surface area (Å²) in [4.78, 5) is 43.7. The minimum atomic E-state index is -4.18. The Labute approximate surface area is 225 Å². The van der Waals surface area contributed by atoms with Crippen molar-refractivity contribution in [3.8, 4) is 0 Å². The maximum atomic E-state index is 13.1. The van der Waals surface area contributed by atoms with Gasteiger partial charge in [0.25, 0.3) is 15.9 Å². The third-order valence-corrected chi connectivity index (χ3v) is 9.25. The second-order valence-corrected chi connectivity index (χ2v) is 12.0. The van der Waals surface area contributed by atoms with Crippen molar-refractivity contribution >= 4 is 79.6 Å². The first-order valence-electron chi connectivity index (χ1n) is 10.8. The summed E-state index contributed by atoms with van der Waals surface area (Å²) in [5.41, 5.74) is 2.43. The number of anilines is 2. The fourth-order valence-electron chi connectivity index (χ4n) is 3.91. The van der Waals surface area contributed by atoms with Crippen LogP contribution >= 0.6 is 34.5 Å². The largest absolute Gasteiger partial charge is 0.368 e. The van der Waals surface area contributed by atoms with E-state index in [2.05, 4.69) is 15.6 Å². The number of aliphatic imine (C=N–C) groups is 1. The van der Waals surface area contributed by atoms with Gasteiger partial charge in [0.2, 0.25) is 5.91 Å². The first-order chi connectivity index (χ1) is 17.6. The Morgan fingerprint density at radius 1 is 1.08 bits per heavy atom. The number of sulfonamides is 1. The Morgan fingerprint density at radius 2 is 1.84 bits per heavy atom. The summed E-state index contributed by atoms with van der Waals surface area (Å²) >= 11 is 12.3. The number of nitrogens with zero attached hydrogens (tertiary/aromatic N) is 2. The summed E-state index contributed by atoms with van der Waals surface area (Å²) in [5, 5.41) is 5.63. The first-order valence-corrected chi connectivity index (χ1v) is 13.9. The van der Waals surface area contributed by atoms with E-state index < -0.39 is 27.9 Å². The van der Waals surface area contributed by atoms with Gasteiger partial charge < -0.3 is 10.6 Å². The highest BCUT2D eigenvalue weighted by Crippen LogP contribution is 2.34. The van der Waals surface area contributed by atoms with Crippen molar-refractivity contribution in [3.05, 3.63) is 74.6 Å². The van der Waals surface area contributed by atoms with Gasteiger partial charge in [-0.05, 0) is 48.0 Å². The third-order valence-electron chi connectivity index (χ3n) is 5.58. The summed E-state index contributed by atoms with van der Waals surface area (Å²) in [7, 11) is -4.18. The number of amides is 4. The Kier molecular flexibility index (Phi) is 6.67. The molecule has 3 heterocycles. The van der Waals surface area contributed by atoms with Crippen LogP contribution in [0.15, 0.2) is 57.7 Å². The SMILES string of the molecule is O=C(Nc1ccc(N2C(=O)Cc3cc(C4=NCCN4)ccc3C2=O)cc1)NS(=O)(=O)c1cc(Cl)c(Cl)s1. The highest BCUT2D eigenvalue weighted by atomic mass is 35.5. The number of urea groups is 1. The Morgan fingerprint density at radius 3 is 2.49 bits per heavy atom. The van der Waals surface area contributed by atoms with E-state index in [1.165, 1.54) is 24.3 Å². The molecule has 3 aromatic rings. The van der Waals surface area contributed by atoms with Gasteiger partial charge in [0.15, 0.2) is 0 Å². The van der Waals surface area contributed by atoms with Crippen molar-refractivity contribution in [2.24, 2.45) is 4.99 Å². The van der Waals surface area contributed by atoms with Gasteiger partial charge in [-0.15, -0.1) is 11.3 Å². The quantitative estimate of drug-likeness (QED) is 0.396. The van der Waals surface area contributed by atoms with Crippen LogP contribution in [0.1, 0.15) is 21.5 Å². The highest BCUT2D eigenvalue weighted by Gasteiger charge is 2.32. The molecule has 0 atom stereocenters. The Hall–Kier alpha value is -3.45. The predicted octanol–water partition coefficient (Wildman–Crippen LogP) is 3.64. The van der Waals surface area contributed by atoms with Crippen LogP contribution in [0.2, 0.25) is 9.36 Å². The van der Waals surface area contributed by atoms with Crippen LogP contribution in [0.25, 0.3) is 0 Å². The van der Waals surface area contributed by atoms with E-state index in [0.717, 1.165) is 28.9 Å². The molecule has 37 heavy (non-hydrogen) atoms. The smallest absolute Gasteiger partial charge is 0.333 e. The summed E-state index contributed by atoms with van der Waals surface area (Å²) in [5.74, 6) is -0.112. The average molecular weight is 578 g/mol. The molecule has 5 rings (SSSR count). The van der Waals surface area contributed by atoms with Crippen LogP contribution in [-0.2, 0) is 21.2 Å². The van der Waals surface area contributed by atoms with Crippen LogP contribution < -0.4 is 20.3 Å². The van der Waals surface area contributed by atoms with Gasteiger partial charge in [-0.1, -0.05) is 29.3 Å². The molecule has 0 fully saturated rings. The molecule has 10 nitrogen and oxygen atoms in total. The molecule has 4 amide bonds. The molecule has 0 saturated carbocycles. The molecule has 2 aliphatic rings. The molecular weight excluding hydrogens is 561 g/mol. The lowest BCUT2D eigenvalue weighted by atomic mass is 9.95. The number of nitrogens with one attached hydrogen (secondary N) is 3. The topological polar surface area (TPSA) is 137 Å². The van der Waals surface area contributed by atoms with Gasteiger partial charge >= 0.3 is 6.03 Å². The molecule has 190 valence electrons. The zero-order valence-electron chi connectivity index (χ0n) is 18.7. The second kappa shape index (κ2) is 9.78. The molecule has 0 radical (unpaired) electrons. The number of thiophene rings is 1. The molecule has 0 unspecified atom stereocenters. The number of rotatable bonds is 5. The molecular formula is C23H17Cl2N5O5S2. The predicted molar refractivity (Wildman–Crippen MR) is 141 cm³/mol. The van der Waals surface area contributed by atoms with Gasteiger partial charge in [-0.2, -0.15) is 0 Å². The van der Waals surface area contributed by atoms with E-state index in [1.807, 2.05) is 4.72 Å². The molecule has 0 bridgehead atoms. The lowest BCUT2D eigenvalue weighted by Gasteiger charge is -2.27. The molecule has 0 saturated heterocycles. The average Bonchev–Trinajstić information content (AvgIpc) is 3.50. The molecule has 0 spiro atoms. The normalized spacial score (nSPS) is 15.2. The number of carbonyl (C=O) groups excluding carboxylic acids is 3. The number of hydrogen-bond acceptors (Lipinski definition) is 8. The van der Waals surface area contributed by atoms with E-state index in [9.17, 15) is 22.8 Å². The maximum Gasteiger partial charge on any atom is 0.333 e. The minimum Gasteiger partial charge on any atom is -0.368 e. The number of benzene rings is 2. The summed E-state index contributed by atoms with van der Waals surface area (Å²) in [6, 6.07) is 11.3. The van der Waals surface area contributed by atoms with Crippen molar-refractivity contribution in [1.82, 2.24) is 10.0 Å². The number of fused-ring (bicyclic) bond motifs is 1. The lowest BCUT2D eigenvalue weighted by Crippen LogP contribution is -2.42. The zero-order chi connectivity index (χ0) is 26.3. The zero-order valence-corrected chi connectivity index (χ0v) is 21.9. The first kappa shape index (κ1) is 25.2. The van der Waals surface area contributed by atoms with E-state index >= 15 is 0 Å². The molecule has 3 N–H and O–H groups in total. The molecule has 0 aliphatic carbocycles. The second-order valence-electron chi connectivity index (χ2n) is 8.03. The van der Waals surface area contributed by atoms with Gasteiger partial charge in [0.05, 0.1) is 23.7 Å². The van der Waals surface area contributed by atoms with Crippen molar-refractivity contribution in [2.75, 3.05) is 23.3 Å². The maximum absolute atomic E-state index is 13.1. The summed E-state index contributed by atoms with van der Waals surface area (Å²) < 4.78 is 26.5. The number of hydrogen-bond donors (Lipinski definition) is 3. The van der Waals surface area contributed by atoms with Gasteiger partial charge in [-0.3, -0.25) is 14.6 Å². The van der Waals surface area contributed by atoms with Crippen LogP contribution in [0.4, 0.5) is 16.2 Å². The summed E-state index contributed by atoms with van der Waals surface area (Å²) in [6.45, 7) is 1.43. The van der Waals surface area contributed by atoms with Gasteiger partial charge in [0, 0.05) is 23.4 Å². The standard InChI is InChI=1S/C23H17Cl2N5O5S2/c24-17-11-19(36-20(17)25)37(34,35)29-23(33)28-14-2-4-15(5-3-14)30-18(31)10-13-9-12(21-26-7-8-27-21)1-6-16(13)22(30)32/h1-6,9,11H,7-8,10H2,(H,26,27)(H2,28,29,33). The van der Waals surface area contributed by atoms with E-state index in [4.69, 9.17) is 23.2 Å². The highest BCUT2D eigenvalue weighted by molar-refractivity contribution is 7.92. The van der Waals surface area contributed by atoms with Crippen LogP contribution in [0.5, 0.6) is 0 Å². The van der Waals surface area contributed by atoms with E-state index in [1.54, 1.807) is 18.2 Å². The van der Waals surface area contributed by atoms with Crippen molar-refractivity contribution in [3.63, 3.8) is 0 Å². The fraction of sp³-hybridized carbons (Fsp3) is 0.130. The number of imide groups is 1. The number of carbonyl (C=O) groups is 3. The van der Waals surface area contributed by atoms with E-state index in [0.29, 0.717) is 34.7 Å². The van der Waals surface area contributed by atoms with Crippen LogP contribution in [-0.4, -0.2) is 45.2 Å². The number of halogens is 2. The molecule has 2 aromatic carbocycles. The Balaban J connectivity index is 1.28. The van der Waals surface area contributed by atoms with Gasteiger partial charge in [-0.25, -0.2) is 22.8 Å². The number of amidine groups is 1. The van der Waals surface area contributed by atoms with Crippen LogP contribution in [0, 0.1) is 0 Å². The van der Waals surface area contributed by atoms with Crippen molar-refractivity contribution in [1.29, 1.82) is 0 Å². The molecule has 1 aromatic heterocycles.